The smallest absolute Gasteiger partial charge is 0.00946 e. The standard InChI is InChI=1S/C14H19/c1-2-4-6-8-10-12-14-13-11-9-7-5-3-1/h1-5,11,13H,6,8-10,12,14H2/b3-1-,4-2+,7-5?,13-11+. The van der Waals surface area contributed by atoms with Gasteiger partial charge in [0.25, 0.3) is 0 Å². The maximum Gasteiger partial charge on any atom is -0.00946 e. The number of allylic oxidation sites excluding steroid dienone is 8. The first-order valence-corrected chi connectivity index (χ1v) is 5.53. The summed E-state index contributed by atoms with van der Waals surface area (Å²) >= 11 is 0. The van der Waals surface area contributed by atoms with Gasteiger partial charge in [-0.05, 0) is 38.2 Å². The zero-order valence-electron chi connectivity index (χ0n) is 8.78. The van der Waals surface area contributed by atoms with Crippen molar-refractivity contribution in [3.63, 3.8) is 0 Å². The second-order valence-corrected chi connectivity index (χ2v) is 3.50. The predicted octanol–water partition coefficient (Wildman–Crippen LogP) is 4.37. The first-order chi connectivity index (χ1) is 7.00. The summed E-state index contributed by atoms with van der Waals surface area (Å²) in [6.07, 6.45) is 25.5. The molecule has 0 unspecified atom stereocenters. The van der Waals surface area contributed by atoms with Crippen LogP contribution in [-0.4, -0.2) is 0 Å². The van der Waals surface area contributed by atoms with Gasteiger partial charge >= 0.3 is 0 Å². The summed E-state index contributed by atoms with van der Waals surface area (Å²) in [6.45, 7) is 0. The van der Waals surface area contributed by atoms with Gasteiger partial charge in [-0.2, -0.15) is 0 Å². The lowest BCUT2D eigenvalue weighted by atomic mass is 10.1. The topological polar surface area (TPSA) is 0 Å². The summed E-state index contributed by atoms with van der Waals surface area (Å²) in [5.74, 6) is 0. The van der Waals surface area contributed by atoms with Crippen LogP contribution in [0, 0.1) is 6.08 Å². The van der Waals surface area contributed by atoms with E-state index in [0.29, 0.717) is 0 Å². The van der Waals surface area contributed by atoms with Gasteiger partial charge in [-0.15, -0.1) is 0 Å². The molecule has 0 aromatic carbocycles. The van der Waals surface area contributed by atoms with Gasteiger partial charge in [-0.3, -0.25) is 0 Å². The van der Waals surface area contributed by atoms with Crippen molar-refractivity contribution in [3.05, 3.63) is 48.6 Å². The maximum absolute atomic E-state index is 3.21. The second-order valence-electron chi connectivity index (χ2n) is 3.50. The van der Waals surface area contributed by atoms with Crippen molar-refractivity contribution in [1.82, 2.24) is 0 Å². The van der Waals surface area contributed by atoms with Crippen molar-refractivity contribution in [3.8, 4) is 0 Å². The SMILES string of the molecule is [C]1=C/C=C\C=C\CCCCC/C=C/C/1. The van der Waals surface area contributed by atoms with Crippen LogP contribution in [-0.2, 0) is 0 Å². The molecule has 0 nitrogen and oxygen atoms in total. The summed E-state index contributed by atoms with van der Waals surface area (Å²) in [5.41, 5.74) is 0. The van der Waals surface area contributed by atoms with Crippen molar-refractivity contribution in [2.24, 2.45) is 0 Å². The third-order valence-electron chi connectivity index (χ3n) is 2.22. The lowest BCUT2D eigenvalue weighted by molar-refractivity contribution is 0.695. The van der Waals surface area contributed by atoms with E-state index in [1.165, 1.54) is 32.1 Å². The average molecular weight is 187 g/mol. The third kappa shape index (κ3) is 6.47. The fourth-order valence-corrected chi connectivity index (χ4v) is 1.40. The van der Waals surface area contributed by atoms with Crippen LogP contribution in [0.4, 0.5) is 0 Å². The first kappa shape index (κ1) is 11.0. The summed E-state index contributed by atoms with van der Waals surface area (Å²) in [4.78, 5) is 0. The molecule has 0 aliphatic heterocycles. The molecular weight excluding hydrogens is 168 g/mol. The van der Waals surface area contributed by atoms with Gasteiger partial charge in [0.15, 0.2) is 0 Å². The van der Waals surface area contributed by atoms with Crippen molar-refractivity contribution >= 4 is 0 Å². The molecule has 0 heterocycles. The lowest BCUT2D eigenvalue weighted by Gasteiger charge is -1.94. The fourth-order valence-electron chi connectivity index (χ4n) is 1.40. The average Bonchev–Trinajstić information content (AvgIpc) is 2.22. The maximum atomic E-state index is 3.21. The van der Waals surface area contributed by atoms with Crippen LogP contribution in [0.2, 0.25) is 0 Å². The number of hydrogen-bond acceptors (Lipinski definition) is 0. The Bertz CT molecular complexity index is 228. The Morgan fingerprint density at radius 2 is 1.57 bits per heavy atom. The third-order valence-corrected chi connectivity index (χ3v) is 2.22. The molecule has 0 amide bonds. The molecular formula is C14H19. The quantitative estimate of drug-likeness (QED) is 0.494. The Kier molecular flexibility index (Phi) is 6.74. The van der Waals surface area contributed by atoms with E-state index in [1.807, 2.05) is 12.2 Å². The highest BCUT2D eigenvalue weighted by Crippen LogP contribution is 2.05. The van der Waals surface area contributed by atoms with E-state index in [0.717, 1.165) is 6.42 Å². The van der Waals surface area contributed by atoms with Crippen molar-refractivity contribution in [2.45, 2.75) is 38.5 Å². The normalized spacial score (nSPS) is 28.6. The van der Waals surface area contributed by atoms with Gasteiger partial charge in [0, 0.05) is 0 Å². The summed E-state index contributed by atoms with van der Waals surface area (Å²) in [6, 6.07) is 0. The van der Waals surface area contributed by atoms with Gasteiger partial charge in [0.1, 0.15) is 0 Å². The highest BCUT2D eigenvalue weighted by molar-refractivity contribution is 5.10. The number of rotatable bonds is 0. The Labute approximate surface area is 87.7 Å². The Morgan fingerprint density at radius 1 is 0.714 bits per heavy atom. The molecule has 0 saturated heterocycles. The van der Waals surface area contributed by atoms with Crippen LogP contribution >= 0.6 is 0 Å². The molecule has 0 aromatic heterocycles. The van der Waals surface area contributed by atoms with E-state index in [-0.39, 0.29) is 0 Å². The molecule has 75 valence electrons. The molecule has 0 N–H and O–H groups in total. The van der Waals surface area contributed by atoms with Crippen LogP contribution in [0.3, 0.4) is 0 Å². The molecule has 0 fully saturated rings. The molecule has 1 aliphatic carbocycles. The van der Waals surface area contributed by atoms with E-state index in [4.69, 9.17) is 0 Å². The molecule has 1 aliphatic rings. The lowest BCUT2D eigenvalue weighted by Crippen LogP contribution is -1.75. The van der Waals surface area contributed by atoms with E-state index in [1.54, 1.807) is 0 Å². The highest BCUT2D eigenvalue weighted by Gasteiger charge is 1.85. The van der Waals surface area contributed by atoms with Gasteiger partial charge < -0.3 is 0 Å². The summed E-state index contributed by atoms with van der Waals surface area (Å²) in [5, 5.41) is 0. The largest absolute Gasteiger partial charge is 0.0882 e. The van der Waals surface area contributed by atoms with Crippen molar-refractivity contribution < 1.29 is 0 Å². The molecule has 0 heteroatoms. The molecule has 0 saturated carbocycles. The molecule has 0 aromatic rings. The molecule has 0 bridgehead atoms. The molecule has 1 radical (unpaired) electrons. The summed E-state index contributed by atoms with van der Waals surface area (Å²) in [7, 11) is 0. The van der Waals surface area contributed by atoms with Crippen LogP contribution in [0.1, 0.15) is 38.5 Å². The Hall–Kier alpha value is -1.04. The van der Waals surface area contributed by atoms with Crippen LogP contribution in [0.25, 0.3) is 0 Å². The van der Waals surface area contributed by atoms with Gasteiger partial charge in [0.2, 0.25) is 0 Å². The minimum absolute atomic E-state index is 0.939. The first-order valence-electron chi connectivity index (χ1n) is 5.53. The van der Waals surface area contributed by atoms with Crippen molar-refractivity contribution in [1.29, 1.82) is 0 Å². The molecule has 1 rings (SSSR count). The second kappa shape index (κ2) is 8.55. The van der Waals surface area contributed by atoms with Gasteiger partial charge in [0.05, 0.1) is 0 Å². The minimum atomic E-state index is 0.939. The molecule has 0 spiro atoms. The number of hydrogen-bond donors (Lipinski definition) is 0. The van der Waals surface area contributed by atoms with E-state index in [2.05, 4.69) is 36.5 Å². The summed E-state index contributed by atoms with van der Waals surface area (Å²) < 4.78 is 0. The Balaban J connectivity index is 2.36. The van der Waals surface area contributed by atoms with Crippen LogP contribution in [0.5, 0.6) is 0 Å². The highest BCUT2D eigenvalue weighted by atomic mass is 13.9. The minimum Gasteiger partial charge on any atom is -0.0882 e. The zero-order valence-corrected chi connectivity index (χ0v) is 8.78. The van der Waals surface area contributed by atoms with Crippen molar-refractivity contribution in [2.75, 3.05) is 0 Å². The van der Waals surface area contributed by atoms with Gasteiger partial charge in [-0.1, -0.05) is 49.0 Å². The van der Waals surface area contributed by atoms with Crippen LogP contribution < -0.4 is 0 Å². The van der Waals surface area contributed by atoms with E-state index in [9.17, 15) is 0 Å². The fraction of sp³-hybridized carbons (Fsp3) is 0.429. The zero-order chi connectivity index (χ0) is 9.90. The van der Waals surface area contributed by atoms with E-state index >= 15 is 0 Å². The molecule has 14 heavy (non-hydrogen) atoms. The predicted molar refractivity (Wildman–Crippen MR) is 62.9 cm³/mol. The monoisotopic (exact) mass is 187 g/mol. The van der Waals surface area contributed by atoms with E-state index < -0.39 is 0 Å². The van der Waals surface area contributed by atoms with Crippen LogP contribution in [0.15, 0.2) is 42.5 Å². The molecule has 0 atom stereocenters. The Morgan fingerprint density at radius 3 is 2.50 bits per heavy atom. The van der Waals surface area contributed by atoms with Gasteiger partial charge in [-0.25, -0.2) is 0 Å².